The minimum absolute atomic E-state index is 0.287. The smallest absolute Gasteiger partial charge is 0.320 e. The van der Waals surface area contributed by atoms with Crippen LogP contribution >= 0.6 is 0 Å². The summed E-state index contributed by atoms with van der Waals surface area (Å²) in [7, 11) is 0. The Morgan fingerprint density at radius 2 is 2.14 bits per heavy atom. The van der Waals surface area contributed by atoms with Crippen molar-refractivity contribution < 1.29 is 9.90 Å². The largest absolute Gasteiger partial charge is 0.480 e. The molecule has 0 fully saturated rings. The van der Waals surface area contributed by atoms with E-state index in [1.54, 1.807) is 0 Å². The highest BCUT2D eigenvalue weighted by Gasteiger charge is 2.24. The van der Waals surface area contributed by atoms with Crippen LogP contribution in [0.15, 0.2) is 18.2 Å². The predicted octanol–water partition coefficient (Wildman–Crippen LogP) is 3.51. The molecule has 0 saturated heterocycles. The van der Waals surface area contributed by atoms with Crippen LogP contribution in [0, 0.1) is 0 Å². The molecule has 3 heteroatoms. The van der Waals surface area contributed by atoms with Gasteiger partial charge in [0, 0.05) is 6.04 Å². The monoisotopic (exact) mass is 289 g/mol. The van der Waals surface area contributed by atoms with Crippen LogP contribution in [0.5, 0.6) is 0 Å². The predicted molar refractivity (Wildman–Crippen MR) is 85.8 cm³/mol. The molecule has 0 radical (unpaired) electrons. The van der Waals surface area contributed by atoms with E-state index in [4.69, 9.17) is 0 Å². The fraction of sp³-hybridized carbons (Fsp3) is 0.611. The van der Waals surface area contributed by atoms with Gasteiger partial charge >= 0.3 is 5.97 Å². The fourth-order valence-electron chi connectivity index (χ4n) is 3.13. The lowest BCUT2D eigenvalue weighted by atomic mass is 9.85. The van der Waals surface area contributed by atoms with E-state index in [-0.39, 0.29) is 6.04 Å². The second-order valence-electron chi connectivity index (χ2n) is 6.47. The lowest BCUT2D eigenvalue weighted by Crippen LogP contribution is -2.45. The molecule has 21 heavy (non-hydrogen) atoms. The summed E-state index contributed by atoms with van der Waals surface area (Å²) in [5, 5.41) is 12.6. The van der Waals surface area contributed by atoms with Gasteiger partial charge in [0.05, 0.1) is 0 Å². The van der Waals surface area contributed by atoms with Crippen molar-refractivity contribution in [1.29, 1.82) is 0 Å². The van der Waals surface area contributed by atoms with Crippen molar-refractivity contribution in [1.82, 2.24) is 5.32 Å². The molecular weight excluding hydrogens is 262 g/mol. The molecule has 0 aromatic heterocycles. The Bertz CT molecular complexity index is 496. The van der Waals surface area contributed by atoms with E-state index in [0.717, 1.165) is 25.7 Å². The lowest BCUT2D eigenvalue weighted by molar-refractivity contribution is -0.139. The second-order valence-corrected chi connectivity index (χ2v) is 6.47. The number of aliphatic carboxylic acids is 1. The molecule has 1 aliphatic rings. The van der Waals surface area contributed by atoms with E-state index >= 15 is 0 Å². The molecule has 0 saturated carbocycles. The number of benzene rings is 1. The van der Waals surface area contributed by atoms with Gasteiger partial charge in [-0.25, -0.2) is 0 Å². The Morgan fingerprint density at radius 3 is 2.76 bits per heavy atom. The Kier molecular flexibility index (Phi) is 5.40. The molecule has 1 aliphatic carbocycles. The van der Waals surface area contributed by atoms with Crippen LogP contribution in [0.2, 0.25) is 0 Å². The Hall–Kier alpha value is -1.35. The van der Waals surface area contributed by atoms with Crippen LogP contribution in [0.4, 0.5) is 0 Å². The molecule has 1 aromatic carbocycles. The first-order valence-electron chi connectivity index (χ1n) is 8.11. The standard InChI is InChI=1S/C18H27NO2/c1-4-5-17(18(20)21)19-16-9-8-14-10-13(12(2)3)6-7-15(14)11-16/h6-7,10,12,16-17,19H,4-5,8-9,11H2,1-3H3,(H,20,21)/t16-,17?/m0/s1. The highest BCUT2D eigenvalue weighted by molar-refractivity contribution is 5.73. The summed E-state index contributed by atoms with van der Waals surface area (Å²) < 4.78 is 0. The number of carboxylic acid groups (broad SMARTS) is 1. The van der Waals surface area contributed by atoms with Crippen molar-refractivity contribution in [3.05, 3.63) is 34.9 Å². The third-order valence-electron chi connectivity index (χ3n) is 4.44. The maximum Gasteiger partial charge on any atom is 0.320 e. The maximum atomic E-state index is 11.3. The van der Waals surface area contributed by atoms with E-state index in [1.165, 1.54) is 16.7 Å². The zero-order chi connectivity index (χ0) is 15.4. The maximum absolute atomic E-state index is 11.3. The Morgan fingerprint density at radius 1 is 1.38 bits per heavy atom. The molecule has 0 aliphatic heterocycles. The van der Waals surface area contributed by atoms with Crippen LogP contribution in [0.1, 0.15) is 62.6 Å². The van der Waals surface area contributed by atoms with Gasteiger partial charge in [0.15, 0.2) is 0 Å². The summed E-state index contributed by atoms with van der Waals surface area (Å²) in [6, 6.07) is 6.66. The average Bonchev–Trinajstić information content (AvgIpc) is 2.46. The van der Waals surface area contributed by atoms with Crippen molar-refractivity contribution in [3.8, 4) is 0 Å². The Labute approximate surface area is 127 Å². The molecule has 2 N–H and O–H groups in total. The zero-order valence-corrected chi connectivity index (χ0v) is 13.4. The third-order valence-corrected chi connectivity index (χ3v) is 4.44. The molecule has 3 nitrogen and oxygen atoms in total. The molecule has 0 bridgehead atoms. The van der Waals surface area contributed by atoms with Crippen LogP contribution in [0.25, 0.3) is 0 Å². The number of nitrogens with one attached hydrogen (secondary N) is 1. The van der Waals surface area contributed by atoms with Crippen molar-refractivity contribution in [2.75, 3.05) is 0 Å². The molecular formula is C18H27NO2. The summed E-state index contributed by atoms with van der Waals surface area (Å²) in [5.41, 5.74) is 4.22. The third kappa shape index (κ3) is 4.07. The first-order valence-corrected chi connectivity index (χ1v) is 8.11. The van der Waals surface area contributed by atoms with Crippen molar-refractivity contribution >= 4 is 5.97 Å². The minimum atomic E-state index is -0.724. The highest BCUT2D eigenvalue weighted by Crippen LogP contribution is 2.26. The molecule has 0 spiro atoms. The number of aryl methyl sites for hydroxylation is 1. The van der Waals surface area contributed by atoms with E-state index in [9.17, 15) is 9.90 Å². The summed E-state index contributed by atoms with van der Waals surface area (Å²) in [4.78, 5) is 11.3. The van der Waals surface area contributed by atoms with Crippen molar-refractivity contribution in [2.45, 2.75) is 70.9 Å². The molecule has 0 heterocycles. The van der Waals surface area contributed by atoms with E-state index in [0.29, 0.717) is 12.3 Å². The Balaban J connectivity index is 2.04. The van der Waals surface area contributed by atoms with Crippen LogP contribution < -0.4 is 5.32 Å². The van der Waals surface area contributed by atoms with Crippen LogP contribution in [-0.2, 0) is 17.6 Å². The van der Waals surface area contributed by atoms with Gasteiger partial charge in [0.2, 0.25) is 0 Å². The number of carbonyl (C=O) groups is 1. The fourth-order valence-corrected chi connectivity index (χ4v) is 3.13. The van der Waals surface area contributed by atoms with Crippen molar-refractivity contribution in [2.24, 2.45) is 0 Å². The first kappa shape index (κ1) is 16.0. The van der Waals surface area contributed by atoms with Gasteiger partial charge in [-0.15, -0.1) is 0 Å². The van der Waals surface area contributed by atoms with Gasteiger partial charge in [0.25, 0.3) is 0 Å². The second kappa shape index (κ2) is 7.08. The number of carboxylic acids is 1. The SMILES string of the molecule is CCCC(N[C@H]1CCc2cc(C(C)C)ccc2C1)C(=O)O. The van der Waals surface area contributed by atoms with E-state index < -0.39 is 12.0 Å². The first-order chi connectivity index (χ1) is 10.0. The summed E-state index contributed by atoms with van der Waals surface area (Å²) >= 11 is 0. The van der Waals surface area contributed by atoms with Gasteiger partial charge in [0.1, 0.15) is 6.04 Å². The molecule has 2 rings (SSSR count). The lowest BCUT2D eigenvalue weighted by Gasteiger charge is -2.29. The van der Waals surface area contributed by atoms with Gasteiger partial charge in [-0.1, -0.05) is 45.4 Å². The van der Waals surface area contributed by atoms with Crippen molar-refractivity contribution in [3.63, 3.8) is 0 Å². The molecule has 116 valence electrons. The number of fused-ring (bicyclic) bond motifs is 1. The van der Waals surface area contributed by atoms with Gasteiger partial charge in [-0.05, 0) is 48.3 Å². The number of hydrogen-bond donors (Lipinski definition) is 2. The minimum Gasteiger partial charge on any atom is -0.480 e. The number of hydrogen-bond acceptors (Lipinski definition) is 2. The van der Waals surface area contributed by atoms with Gasteiger partial charge < -0.3 is 10.4 Å². The van der Waals surface area contributed by atoms with Crippen LogP contribution in [-0.4, -0.2) is 23.2 Å². The van der Waals surface area contributed by atoms with Gasteiger partial charge in [-0.3, -0.25) is 4.79 Å². The molecule has 2 atom stereocenters. The number of rotatable bonds is 6. The average molecular weight is 289 g/mol. The van der Waals surface area contributed by atoms with Crippen LogP contribution in [0.3, 0.4) is 0 Å². The quantitative estimate of drug-likeness (QED) is 0.842. The summed E-state index contributed by atoms with van der Waals surface area (Å²) in [6.07, 6.45) is 4.62. The van der Waals surface area contributed by atoms with Gasteiger partial charge in [-0.2, -0.15) is 0 Å². The highest BCUT2D eigenvalue weighted by atomic mass is 16.4. The normalized spacial score (nSPS) is 19.3. The van der Waals surface area contributed by atoms with E-state index in [2.05, 4.69) is 37.4 Å². The topological polar surface area (TPSA) is 49.3 Å². The molecule has 0 amide bonds. The summed E-state index contributed by atoms with van der Waals surface area (Å²) in [6.45, 7) is 6.47. The molecule has 1 unspecified atom stereocenters. The molecule has 1 aromatic rings. The van der Waals surface area contributed by atoms with E-state index in [1.807, 2.05) is 6.92 Å². The summed E-state index contributed by atoms with van der Waals surface area (Å²) in [5.74, 6) is -0.162. The zero-order valence-electron chi connectivity index (χ0n) is 13.4.